The number of aryl methyl sites for hydroxylation is 2. The minimum Gasteiger partial charge on any atom is -0.507 e. The van der Waals surface area contributed by atoms with E-state index in [9.17, 15) is 18.7 Å². The van der Waals surface area contributed by atoms with Crippen molar-refractivity contribution in [2.75, 3.05) is 7.11 Å². The molecule has 0 fully saturated rings. The molecule has 140 valence electrons. The molecule has 0 radical (unpaired) electrons. The van der Waals surface area contributed by atoms with E-state index in [1.54, 1.807) is 44.2 Å². The van der Waals surface area contributed by atoms with Crippen LogP contribution in [0.4, 0.5) is 8.78 Å². The minimum atomic E-state index is -2.94. The van der Waals surface area contributed by atoms with Gasteiger partial charge >= 0.3 is 12.6 Å². The number of ether oxygens (including phenoxy) is 2. The summed E-state index contributed by atoms with van der Waals surface area (Å²) in [4.78, 5) is 12.2. The number of carbonyl (C=O) groups is 1. The Morgan fingerprint density at radius 1 is 1.19 bits per heavy atom. The van der Waals surface area contributed by atoms with E-state index in [2.05, 4.69) is 10.1 Å². The number of nitrogens with one attached hydrogen (secondary N) is 1. The smallest absolute Gasteiger partial charge is 0.387 e. The molecule has 0 aliphatic carbocycles. The molecule has 7 heteroatoms. The van der Waals surface area contributed by atoms with Crippen LogP contribution in [0.5, 0.6) is 11.5 Å². The van der Waals surface area contributed by atoms with E-state index in [4.69, 9.17) is 4.74 Å². The van der Waals surface area contributed by atoms with Gasteiger partial charge in [0.15, 0.2) is 0 Å². The van der Waals surface area contributed by atoms with Crippen LogP contribution < -0.4 is 10.1 Å². The highest BCUT2D eigenvalue weighted by Gasteiger charge is 2.23. The van der Waals surface area contributed by atoms with Crippen LogP contribution in [-0.4, -0.2) is 24.8 Å². The van der Waals surface area contributed by atoms with Crippen molar-refractivity contribution in [1.29, 1.82) is 0 Å². The molecule has 2 aromatic carbocycles. The Kier molecular flexibility index (Phi) is 6.52. The summed E-state index contributed by atoms with van der Waals surface area (Å²) in [6, 6.07) is 8.88. The van der Waals surface area contributed by atoms with Gasteiger partial charge in [0.1, 0.15) is 17.5 Å². The summed E-state index contributed by atoms with van der Waals surface area (Å²) < 4.78 is 34.4. The number of para-hydroxylation sites is 1. The maximum Gasteiger partial charge on any atom is 0.387 e. The molecule has 0 aromatic heterocycles. The highest BCUT2D eigenvalue weighted by atomic mass is 19.3. The number of esters is 1. The fourth-order valence-corrected chi connectivity index (χ4v) is 2.68. The van der Waals surface area contributed by atoms with Crippen LogP contribution in [0, 0.1) is 13.8 Å². The number of halogens is 2. The molecule has 0 spiro atoms. The van der Waals surface area contributed by atoms with Crippen LogP contribution in [0.25, 0.3) is 0 Å². The highest BCUT2D eigenvalue weighted by molar-refractivity contribution is 5.78. The van der Waals surface area contributed by atoms with Crippen LogP contribution in [0.3, 0.4) is 0 Å². The Bertz CT molecular complexity index is 757. The third-order valence-electron chi connectivity index (χ3n) is 3.97. The second-order valence-electron chi connectivity index (χ2n) is 5.83. The summed E-state index contributed by atoms with van der Waals surface area (Å²) >= 11 is 0. The van der Waals surface area contributed by atoms with Gasteiger partial charge < -0.3 is 14.6 Å². The molecule has 2 N–H and O–H groups in total. The van der Waals surface area contributed by atoms with Crippen molar-refractivity contribution in [3.8, 4) is 11.5 Å². The number of hydrogen-bond acceptors (Lipinski definition) is 5. The van der Waals surface area contributed by atoms with Gasteiger partial charge in [0, 0.05) is 12.1 Å². The van der Waals surface area contributed by atoms with Crippen molar-refractivity contribution >= 4 is 5.97 Å². The van der Waals surface area contributed by atoms with E-state index in [-0.39, 0.29) is 18.0 Å². The fourth-order valence-electron chi connectivity index (χ4n) is 2.68. The van der Waals surface area contributed by atoms with Gasteiger partial charge in [0.25, 0.3) is 0 Å². The van der Waals surface area contributed by atoms with Gasteiger partial charge in [0.2, 0.25) is 0 Å². The number of aromatic hydroxyl groups is 1. The molecule has 0 saturated carbocycles. The molecular formula is C19H21F2NO4. The van der Waals surface area contributed by atoms with E-state index in [1.807, 2.05) is 0 Å². The van der Waals surface area contributed by atoms with Crippen molar-refractivity contribution in [2.45, 2.75) is 33.0 Å². The minimum absolute atomic E-state index is 0.0386. The molecule has 0 unspecified atom stereocenters. The van der Waals surface area contributed by atoms with E-state index in [0.717, 1.165) is 0 Å². The van der Waals surface area contributed by atoms with Gasteiger partial charge in [-0.2, -0.15) is 8.78 Å². The van der Waals surface area contributed by atoms with Gasteiger partial charge in [-0.05, 0) is 36.6 Å². The fraction of sp³-hybridized carbons (Fsp3) is 0.316. The monoisotopic (exact) mass is 365 g/mol. The first kappa shape index (κ1) is 19.7. The second-order valence-corrected chi connectivity index (χ2v) is 5.83. The Labute approximate surface area is 150 Å². The van der Waals surface area contributed by atoms with Crippen molar-refractivity contribution in [3.63, 3.8) is 0 Å². The first-order valence-corrected chi connectivity index (χ1v) is 7.97. The highest BCUT2D eigenvalue weighted by Crippen LogP contribution is 2.28. The third kappa shape index (κ3) is 4.70. The average molecular weight is 365 g/mol. The van der Waals surface area contributed by atoms with Crippen molar-refractivity contribution in [2.24, 2.45) is 0 Å². The number of benzene rings is 2. The molecule has 2 aromatic rings. The van der Waals surface area contributed by atoms with Crippen molar-refractivity contribution < 1.29 is 28.2 Å². The zero-order valence-corrected chi connectivity index (χ0v) is 14.8. The molecule has 5 nitrogen and oxygen atoms in total. The van der Waals surface area contributed by atoms with Gasteiger partial charge in [-0.15, -0.1) is 0 Å². The summed E-state index contributed by atoms with van der Waals surface area (Å²) in [6.07, 6.45) is 0. The summed E-state index contributed by atoms with van der Waals surface area (Å²) in [7, 11) is 1.27. The predicted octanol–water partition coefficient (Wildman–Crippen LogP) is 3.61. The van der Waals surface area contributed by atoms with Gasteiger partial charge in [0.05, 0.1) is 7.11 Å². The van der Waals surface area contributed by atoms with E-state index in [1.165, 1.54) is 13.2 Å². The number of carbonyl (C=O) groups excluding carboxylic acids is 1. The quantitative estimate of drug-likeness (QED) is 0.734. The Morgan fingerprint density at radius 2 is 1.81 bits per heavy atom. The molecular weight excluding hydrogens is 344 g/mol. The second kappa shape index (κ2) is 8.62. The Morgan fingerprint density at radius 3 is 2.38 bits per heavy atom. The molecule has 0 aliphatic rings. The lowest BCUT2D eigenvalue weighted by molar-refractivity contribution is -0.143. The average Bonchev–Trinajstić information content (AvgIpc) is 2.60. The topological polar surface area (TPSA) is 67.8 Å². The zero-order valence-electron chi connectivity index (χ0n) is 14.8. The predicted molar refractivity (Wildman–Crippen MR) is 92.3 cm³/mol. The van der Waals surface area contributed by atoms with E-state index < -0.39 is 18.6 Å². The first-order valence-electron chi connectivity index (χ1n) is 7.97. The molecule has 0 amide bonds. The van der Waals surface area contributed by atoms with Crippen molar-refractivity contribution in [1.82, 2.24) is 5.32 Å². The third-order valence-corrected chi connectivity index (χ3v) is 3.97. The van der Waals surface area contributed by atoms with E-state index in [0.29, 0.717) is 22.3 Å². The van der Waals surface area contributed by atoms with Crippen LogP contribution in [0.2, 0.25) is 0 Å². The number of rotatable bonds is 7. The molecule has 0 aliphatic heterocycles. The number of phenolic OH excluding ortho intramolecular Hbond substituents is 1. The molecule has 0 bridgehead atoms. The van der Waals surface area contributed by atoms with Crippen molar-refractivity contribution in [3.05, 3.63) is 58.7 Å². The van der Waals surface area contributed by atoms with Crippen LogP contribution in [0.15, 0.2) is 36.4 Å². The first-order chi connectivity index (χ1) is 12.3. The summed E-state index contributed by atoms with van der Waals surface area (Å²) in [5, 5.41) is 12.9. The van der Waals surface area contributed by atoms with Gasteiger partial charge in [-0.3, -0.25) is 5.32 Å². The van der Waals surface area contributed by atoms with Crippen LogP contribution >= 0.6 is 0 Å². The lowest BCUT2D eigenvalue weighted by atomic mass is 10.00. The van der Waals surface area contributed by atoms with Gasteiger partial charge in [-0.1, -0.05) is 30.3 Å². The summed E-state index contributed by atoms with van der Waals surface area (Å²) in [5.74, 6) is -0.327. The normalized spacial score (nSPS) is 12.1. The van der Waals surface area contributed by atoms with Crippen LogP contribution in [0.1, 0.15) is 28.3 Å². The summed E-state index contributed by atoms with van der Waals surface area (Å²) in [5.41, 5.74) is 2.33. The molecule has 0 saturated heterocycles. The van der Waals surface area contributed by atoms with E-state index >= 15 is 0 Å². The van der Waals surface area contributed by atoms with Crippen LogP contribution in [-0.2, 0) is 16.1 Å². The summed E-state index contributed by atoms with van der Waals surface area (Å²) in [6.45, 7) is 0.634. The lowest BCUT2D eigenvalue weighted by Gasteiger charge is -2.19. The zero-order chi connectivity index (χ0) is 19.3. The number of methoxy groups -OCH3 is 1. The Balaban J connectivity index is 2.27. The SMILES string of the molecule is COC(=O)[C@H](NCc1ccccc1OC(F)F)c1cc(C)c(O)c(C)c1. The molecule has 0 heterocycles. The number of alkyl halides is 2. The standard InChI is InChI=1S/C19H21F2NO4/c1-11-8-14(9-12(2)17(11)23)16(18(24)25-3)22-10-13-6-4-5-7-15(13)26-19(20)21/h4-9,16,19,22-23H,10H2,1-3H3/t16-/m1/s1. The maximum atomic E-state index is 12.5. The Hall–Kier alpha value is -2.67. The largest absolute Gasteiger partial charge is 0.507 e. The lowest BCUT2D eigenvalue weighted by Crippen LogP contribution is -2.29. The maximum absolute atomic E-state index is 12.5. The molecule has 1 atom stereocenters. The van der Waals surface area contributed by atoms with Gasteiger partial charge in [-0.25, -0.2) is 4.79 Å². The number of phenols is 1. The molecule has 26 heavy (non-hydrogen) atoms. The number of hydrogen-bond donors (Lipinski definition) is 2. The molecule has 2 rings (SSSR count).